The van der Waals surface area contributed by atoms with E-state index in [1.807, 2.05) is 42.5 Å². The van der Waals surface area contributed by atoms with Gasteiger partial charge in [0.1, 0.15) is 18.2 Å². The molecule has 39 heavy (non-hydrogen) atoms. The van der Waals surface area contributed by atoms with Gasteiger partial charge in [-0.25, -0.2) is 19.0 Å². The maximum Gasteiger partial charge on any atom is 0.291 e. The van der Waals surface area contributed by atoms with Gasteiger partial charge in [0, 0.05) is 19.9 Å². The molecular weight excluding hydrogens is 503 g/mol. The molecule has 0 aliphatic carbocycles. The van der Waals surface area contributed by atoms with Gasteiger partial charge in [0.05, 0.1) is 38.0 Å². The quantitative estimate of drug-likeness (QED) is 0.281. The summed E-state index contributed by atoms with van der Waals surface area (Å²) in [6.07, 6.45) is 4.15. The molecule has 3 heterocycles. The molecule has 1 amide bonds. The number of rotatable bonds is 10. The van der Waals surface area contributed by atoms with Crippen LogP contribution < -0.4 is 15.8 Å². The molecule has 200 valence electrons. The molecule has 3 N–H and O–H groups in total. The van der Waals surface area contributed by atoms with Crippen molar-refractivity contribution in [3.8, 4) is 5.75 Å². The average Bonchev–Trinajstić information content (AvgIpc) is 3.53. The first-order valence-electron chi connectivity index (χ1n) is 12.1. The van der Waals surface area contributed by atoms with Crippen molar-refractivity contribution in [3.63, 3.8) is 0 Å². The number of nitrogens with zero attached hydrogens (tertiary/aromatic N) is 6. The topological polar surface area (TPSA) is 135 Å². The Kier molecular flexibility index (Phi) is 7.46. The second-order valence-corrected chi connectivity index (χ2v) is 8.89. The molecular formula is C27H27FN8O3. The van der Waals surface area contributed by atoms with Crippen LogP contribution in [0.25, 0.3) is 10.8 Å². The zero-order chi connectivity index (χ0) is 27.4. The highest BCUT2D eigenvalue weighted by Crippen LogP contribution is 2.30. The first-order valence-corrected chi connectivity index (χ1v) is 12.1. The highest BCUT2D eigenvalue weighted by Gasteiger charge is 2.17. The minimum absolute atomic E-state index is 0.0422. The summed E-state index contributed by atoms with van der Waals surface area (Å²) in [5.74, 6) is 0.733. The van der Waals surface area contributed by atoms with E-state index in [9.17, 15) is 9.18 Å². The van der Waals surface area contributed by atoms with E-state index in [2.05, 4.69) is 25.5 Å². The lowest BCUT2D eigenvalue weighted by Gasteiger charge is -2.11. The monoisotopic (exact) mass is 530 g/mol. The van der Waals surface area contributed by atoms with E-state index < -0.39 is 5.91 Å². The standard InChI is InChI=1S/C27H27FN8O3/c1-38-16-23-33-26(27(37)31-11-19-9-20-7-8-30-25(29)24(20)22(10-19)39-2)34-36(23)14-18-5-3-17(4-6-18)13-35-15-21(28)12-32-35/h3-10,12,15H,11,13-14,16H2,1-2H3,(H2,29,30)(H,31,37). The van der Waals surface area contributed by atoms with Gasteiger partial charge in [0.25, 0.3) is 5.91 Å². The summed E-state index contributed by atoms with van der Waals surface area (Å²) >= 11 is 0. The number of carbonyl (C=O) groups excluding carboxylic acids is 1. The summed E-state index contributed by atoms with van der Waals surface area (Å²) in [5, 5.41) is 12.9. The Bertz CT molecular complexity index is 1610. The van der Waals surface area contributed by atoms with Crippen LogP contribution in [-0.4, -0.2) is 49.7 Å². The van der Waals surface area contributed by atoms with Crippen LogP contribution in [0.4, 0.5) is 10.2 Å². The minimum atomic E-state index is -0.416. The number of nitrogen functional groups attached to an aromatic ring is 1. The number of fused-ring (bicyclic) bond motifs is 1. The fourth-order valence-electron chi connectivity index (χ4n) is 4.26. The molecule has 0 aliphatic rings. The van der Waals surface area contributed by atoms with Gasteiger partial charge < -0.3 is 20.5 Å². The molecule has 0 spiro atoms. The zero-order valence-electron chi connectivity index (χ0n) is 21.5. The fourth-order valence-corrected chi connectivity index (χ4v) is 4.26. The Morgan fingerprint density at radius 2 is 1.85 bits per heavy atom. The number of nitrogens with two attached hydrogens (primary N) is 1. The van der Waals surface area contributed by atoms with Crippen LogP contribution in [-0.2, 0) is 31.0 Å². The Balaban J connectivity index is 1.28. The molecule has 0 radical (unpaired) electrons. The Morgan fingerprint density at radius 3 is 2.54 bits per heavy atom. The van der Waals surface area contributed by atoms with Crippen LogP contribution in [0.2, 0.25) is 0 Å². The van der Waals surface area contributed by atoms with Gasteiger partial charge in [0.15, 0.2) is 11.6 Å². The molecule has 11 nitrogen and oxygen atoms in total. The number of ether oxygens (including phenoxy) is 2. The number of methoxy groups -OCH3 is 2. The summed E-state index contributed by atoms with van der Waals surface area (Å²) in [5.41, 5.74) is 8.77. The largest absolute Gasteiger partial charge is 0.496 e. The lowest BCUT2D eigenvalue weighted by molar-refractivity contribution is 0.0940. The number of benzene rings is 2. The summed E-state index contributed by atoms with van der Waals surface area (Å²) in [4.78, 5) is 21.5. The summed E-state index contributed by atoms with van der Waals surface area (Å²) in [6.45, 7) is 1.29. The first kappa shape index (κ1) is 25.8. The number of hydrogen-bond acceptors (Lipinski definition) is 8. The van der Waals surface area contributed by atoms with Crippen molar-refractivity contribution in [3.05, 3.63) is 95.2 Å². The van der Waals surface area contributed by atoms with E-state index in [1.165, 1.54) is 17.1 Å². The fraction of sp³-hybridized carbons (Fsp3) is 0.222. The third-order valence-electron chi connectivity index (χ3n) is 6.12. The smallest absolute Gasteiger partial charge is 0.291 e. The molecule has 0 saturated heterocycles. The predicted octanol–water partition coefficient (Wildman–Crippen LogP) is 2.93. The van der Waals surface area contributed by atoms with Crippen LogP contribution in [0.1, 0.15) is 33.1 Å². The molecule has 0 aliphatic heterocycles. The van der Waals surface area contributed by atoms with E-state index >= 15 is 0 Å². The molecule has 0 fully saturated rings. The lowest BCUT2D eigenvalue weighted by Crippen LogP contribution is -2.24. The van der Waals surface area contributed by atoms with E-state index in [0.717, 1.165) is 27.5 Å². The van der Waals surface area contributed by atoms with Crippen molar-refractivity contribution in [2.45, 2.75) is 26.2 Å². The number of pyridine rings is 1. The van der Waals surface area contributed by atoms with Crippen molar-refractivity contribution >= 4 is 22.5 Å². The van der Waals surface area contributed by atoms with Crippen molar-refractivity contribution < 1.29 is 18.7 Å². The maximum atomic E-state index is 13.2. The molecule has 5 aromatic rings. The molecule has 2 aromatic carbocycles. The van der Waals surface area contributed by atoms with Crippen molar-refractivity contribution in [1.82, 2.24) is 34.8 Å². The van der Waals surface area contributed by atoms with Gasteiger partial charge in [-0.05, 0) is 40.3 Å². The third kappa shape index (κ3) is 5.85. The van der Waals surface area contributed by atoms with Crippen LogP contribution >= 0.6 is 0 Å². The van der Waals surface area contributed by atoms with Gasteiger partial charge >= 0.3 is 0 Å². The highest BCUT2D eigenvalue weighted by atomic mass is 19.1. The summed E-state index contributed by atoms with van der Waals surface area (Å²) in [6, 6.07) is 13.4. The molecule has 0 atom stereocenters. The molecule has 3 aromatic heterocycles. The predicted molar refractivity (Wildman–Crippen MR) is 141 cm³/mol. The number of nitrogens with one attached hydrogen (secondary N) is 1. The second kappa shape index (κ2) is 11.3. The van der Waals surface area contributed by atoms with E-state index in [0.29, 0.717) is 30.5 Å². The number of carbonyl (C=O) groups is 1. The van der Waals surface area contributed by atoms with Crippen LogP contribution in [0.15, 0.2) is 61.1 Å². The molecule has 12 heteroatoms. The molecule has 0 unspecified atom stereocenters. The number of hydrogen-bond donors (Lipinski definition) is 2. The van der Waals surface area contributed by atoms with E-state index in [-0.39, 0.29) is 24.8 Å². The number of anilines is 1. The first-order chi connectivity index (χ1) is 18.9. The van der Waals surface area contributed by atoms with Crippen molar-refractivity contribution in [2.75, 3.05) is 20.0 Å². The lowest BCUT2D eigenvalue weighted by atomic mass is 10.1. The van der Waals surface area contributed by atoms with Crippen molar-refractivity contribution in [2.24, 2.45) is 0 Å². The zero-order valence-corrected chi connectivity index (χ0v) is 21.5. The van der Waals surface area contributed by atoms with Gasteiger partial charge in [-0.2, -0.15) is 5.10 Å². The normalized spacial score (nSPS) is 11.2. The highest BCUT2D eigenvalue weighted by molar-refractivity contribution is 5.96. The number of halogens is 1. The average molecular weight is 531 g/mol. The number of aromatic nitrogens is 6. The maximum absolute atomic E-state index is 13.2. The molecule has 0 saturated carbocycles. The third-order valence-corrected chi connectivity index (χ3v) is 6.12. The summed E-state index contributed by atoms with van der Waals surface area (Å²) in [7, 11) is 3.12. The minimum Gasteiger partial charge on any atom is -0.496 e. The van der Waals surface area contributed by atoms with Gasteiger partial charge in [-0.1, -0.05) is 24.3 Å². The van der Waals surface area contributed by atoms with Crippen LogP contribution in [0, 0.1) is 5.82 Å². The van der Waals surface area contributed by atoms with Crippen LogP contribution in [0.3, 0.4) is 0 Å². The molecule has 0 bridgehead atoms. The number of amides is 1. The van der Waals surface area contributed by atoms with Crippen molar-refractivity contribution in [1.29, 1.82) is 0 Å². The SMILES string of the molecule is COCc1nc(C(=O)NCc2cc(OC)c3c(N)nccc3c2)nn1Cc1ccc(Cn2cc(F)cn2)cc1. The Labute approximate surface area is 223 Å². The Hall–Kier alpha value is -4.84. The van der Waals surface area contributed by atoms with Gasteiger partial charge in [-0.15, -0.1) is 5.10 Å². The van der Waals surface area contributed by atoms with E-state index in [4.69, 9.17) is 15.2 Å². The summed E-state index contributed by atoms with van der Waals surface area (Å²) < 4.78 is 27.1. The van der Waals surface area contributed by atoms with Gasteiger partial charge in [0.2, 0.25) is 5.82 Å². The second-order valence-electron chi connectivity index (χ2n) is 8.89. The Morgan fingerprint density at radius 1 is 1.08 bits per heavy atom. The van der Waals surface area contributed by atoms with E-state index in [1.54, 1.807) is 25.1 Å². The van der Waals surface area contributed by atoms with Gasteiger partial charge in [-0.3, -0.25) is 9.48 Å². The molecule has 5 rings (SSSR count). The van der Waals surface area contributed by atoms with Crippen LogP contribution in [0.5, 0.6) is 5.75 Å².